The molecular weight excluding hydrogens is 476 g/mol. The van der Waals surface area contributed by atoms with Gasteiger partial charge in [0.1, 0.15) is 11.5 Å². The zero-order valence-electron chi connectivity index (χ0n) is 21.3. The summed E-state index contributed by atoms with van der Waals surface area (Å²) in [6.07, 6.45) is 0. The van der Waals surface area contributed by atoms with Crippen LogP contribution in [0.5, 0.6) is 11.5 Å². The van der Waals surface area contributed by atoms with Gasteiger partial charge in [0, 0.05) is 0 Å². The molecule has 0 fully saturated rings. The summed E-state index contributed by atoms with van der Waals surface area (Å²) < 4.78 is 0. The second-order valence-electron chi connectivity index (χ2n) is 10.1. The minimum absolute atomic E-state index is 0.263. The lowest BCUT2D eigenvalue weighted by atomic mass is 9.67. The molecule has 0 saturated heterocycles. The average Bonchev–Trinajstić information content (AvgIpc) is 3.29. The highest BCUT2D eigenvalue weighted by Gasteiger charge is 2.45. The van der Waals surface area contributed by atoms with Crippen LogP contribution in [0.3, 0.4) is 0 Å². The van der Waals surface area contributed by atoms with Crippen LogP contribution in [0, 0.1) is 0 Å². The molecule has 0 saturated carbocycles. The van der Waals surface area contributed by atoms with Crippen molar-refractivity contribution in [1.82, 2.24) is 0 Å². The molecule has 0 heterocycles. The Morgan fingerprint density at radius 3 is 1.18 bits per heavy atom. The Kier molecular flexibility index (Phi) is 5.35. The van der Waals surface area contributed by atoms with Crippen molar-refractivity contribution in [2.75, 3.05) is 0 Å². The van der Waals surface area contributed by atoms with Gasteiger partial charge in [-0.3, -0.25) is 0 Å². The zero-order valence-corrected chi connectivity index (χ0v) is 21.3. The summed E-state index contributed by atoms with van der Waals surface area (Å²) in [6.45, 7) is 0. The number of aromatic hydroxyl groups is 2. The highest BCUT2D eigenvalue weighted by Crippen LogP contribution is 2.56. The molecule has 0 amide bonds. The van der Waals surface area contributed by atoms with Gasteiger partial charge in [0.25, 0.3) is 0 Å². The van der Waals surface area contributed by atoms with E-state index in [9.17, 15) is 10.2 Å². The standard InChI is InChI=1S/C37H26O2/c38-31-9-5-7-27(23-31)25-15-19-29(20-16-25)37(30-21-17-26(18-22-30)28-8-6-10-32(39)24-28)35-13-3-1-11-33(35)34-12-2-4-14-36(34)37/h1-24,38-39H. The van der Waals surface area contributed by atoms with E-state index in [2.05, 4.69) is 97.1 Å². The Balaban J connectivity index is 1.45. The summed E-state index contributed by atoms with van der Waals surface area (Å²) >= 11 is 0. The van der Waals surface area contributed by atoms with Crippen LogP contribution in [0.15, 0.2) is 146 Å². The molecule has 2 heteroatoms. The normalized spacial score (nSPS) is 13.0. The molecular formula is C37H26O2. The summed E-state index contributed by atoms with van der Waals surface area (Å²) in [5.41, 5.74) is 11.0. The highest BCUT2D eigenvalue weighted by molar-refractivity contribution is 5.86. The number of benzene rings is 6. The maximum Gasteiger partial charge on any atom is 0.116 e. The van der Waals surface area contributed by atoms with Crippen molar-refractivity contribution in [2.45, 2.75) is 5.41 Å². The molecule has 39 heavy (non-hydrogen) atoms. The quantitative estimate of drug-likeness (QED) is 0.252. The van der Waals surface area contributed by atoms with Gasteiger partial charge in [-0.1, -0.05) is 121 Å². The number of rotatable bonds is 4. The van der Waals surface area contributed by atoms with E-state index in [0.717, 1.165) is 22.3 Å². The molecule has 0 aliphatic heterocycles. The Morgan fingerprint density at radius 2 is 0.769 bits per heavy atom. The number of hydrogen-bond acceptors (Lipinski definition) is 2. The Labute approximate surface area is 228 Å². The maximum atomic E-state index is 10.0. The van der Waals surface area contributed by atoms with Crippen molar-refractivity contribution in [2.24, 2.45) is 0 Å². The third-order valence-corrected chi connectivity index (χ3v) is 7.95. The third kappa shape index (κ3) is 3.65. The fraction of sp³-hybridized carbons (Fsp3) is 0.0270. The van der Waals surface area contributed by atoms with E-state index in [4.69, 9.17) is 0 Å². The summed E-state index contributed by atoms with van der Waals surface area (Å²) in [5, 5.41) is 20.0. The lowest BCUT2D eigenvalue weighted by molar-refractivity contribution is 0.475. The van der Waals surface area contributed by atoms with Gasteiger partial charge in [0.05, 0.1) is 5.41 Å². The third-order valence-electron chi connectivity index (χ3n) is 7.95. The van der Waals surface area contributed by atoms with Gasteiger partial charge in [-0.15, -0.1) is 0 Å². The van der Waals surface area contributed by atoms with Crippen LogP contribution < -0.4 is 0 Å². The predicted molar refractivity (Wildman–Crippen MR) is 158 cm³/mol. The summed E-state index contributed by atoms with van der Waals surface area (Å²) in [4.78, 5) is 0. The highest BCUT2D eigenvalue weighted by atomic mass is 16.3. The molecule has 0 aromatic heterocycles. The molecule has 0 spiro atoms. The number of hydrogen-bond donors (Lipinski definition) is 2. The van der Waals surface area contributed by atoms with Crippen molar-refractivity contribution in [3.05, 3.63) is 168 Å². The van der Waals surface area contributed by atoms with E-state index < -0.39 is 5.41 Å². The van der Waals surface area contributed by atoms with Crippen molar-refractivity contribution < 1.29 is 10.2 Å². The molecule has 1 aliphatic carbocycles. The second-order valence-corrected chi connectivity index (χ2v) is 10.1. The first-order valence-corrected chi connectivity index (χ1v) is 13.1. The van der Waals surface area contributed by atoms with E-state index in [-0.39, 0.29) is 11.5 Å². The summed E-state index contributed by atoms with van der Waals surface area (Å²) in [6, 6.07) is 49.7. The van der Waals surface area contributed by atoms with Crippen LogP contribution in [0.25, 0.3) is 33.4 Å². The molecule has 6 aromatic rings. The summed E-state index contributed by atoms with van der Waals surface area (Å²) in [5.74, 6) is 0.525. The van der Waals surface area contributed by atoms with E-state index in [1.807, 2.05) is 24.3 Å². The van der Waals surface area contributed by atoms with Crippen molar-refractivity contribution in [1.29, 1.82) is 0 Å². The first kappa shape index (κ1) is 23.1. The molecule has 7 rings (SSSR count). The lowest BCUT2D eigenvalue weighted by Crippen LogP contribution is -2.28. The first-order valence-electron chi connectivity index (χ1n) is 13.1. The topological polar surface area (TPSA) is 40.5 Å². The number of fused-ring (bicyclic) bond motifs is 3. The Hall–Kier alpha value is -5.08. The number of phenolic OH excluding ortho intramolecular Hbond substituents is 2. The van der Waals surface area contributed by atoms with E-state index in [0.29, 0.717) is 0 Å². The van der Waals surface area contributed by atoms with Gasteiger partial charge in [0.2, 0.25) is 0 Å². The molecule has 2 N–H and O–H groups in total. The van der Waals surface area contributed by atoms with Crippen molar-refractivity contribution >= 4 is 0 Å². The Morgan fingerprint density at radius 1 is 0.359 bits per heavy atom. The van der Waals surface area contributed by atoms with Gasteiger partial charge in [-0.25, -0.2) is 0 Å². The van der Waals surface area contributed by atoms with Crippen LogP contribution >= 0.6 is 0 Å². The lowest BCUT2D eigenvalue weighted by Gasteiger charge is -2.34. The fourth-order valence-electron chi connectivity index (χ4n) is 6.22. The summed E-state index contributed by atoms with van der Waals surface area (Å²) in [7, 11) is 0. The predicted octanol–water partition coefficient (Wildman–Crippen LogP) is 8.79. The van der Waals surface area contributed by atoms with Crippen LogP contribution in [0.2, 0.25) is 0 Å². The molecule has 0 radical (unpaired) electrons. The molecule has 0 unspecified atom stereocenters. The molecule has 6 aromatic carbocycles. The maximum absolute atomic E-state index is 10.0. The molecule has 0 bridgehead atoms. The fourth-order valence-corrected chi connectivity index (χ4v) is 6.22. The smallest absolute Gasteiger partial charge is 0.116 e. The van der Waals surface area contributed by atoms with Crippen molar-refractivity contribution in [3.8, 4) is 44.9 Å². The average molecular weight is 503 g/mol. The largest absolute Gasteiger partial charge is 0.508 e. The van der Waals surface area contributed by atoms with Gasteiger partial charge in [-0.05, 0) is 79.9 Å². The van der Waals surface area contributed by atoms with E-state index in [1.54, 1.807) is 24.3 Å². The van der Waals surface area contributed by atoms with Crippen molar-refractivity contribution in [3.63, 3.8) is 0 Å². The first-order chi connectivity index (χ1) is 19.1. The van der Waals surface area contributed by atoms with Gasteiger partial charge in [0.15, 0.2) is 0 Å². The van der Waals surface area contributed by atoms with Crippen LogP contribution in [0.1, 0.15) is 22.3 Å². The molecule has 0 atom stereocenters. The second kappa shape index (κ2) is 9.04. The SMILES string of the molecule is Oc1cccc(-c2ccc(C3(c4ccc(-c5cccc(O)c5)cc4)c4ccccc4-c4ccccc43)cc2)c1. The number of phenols is 2. The van der Waals surface area contributed by atoms with Crippen LogP contribution in [0.4, 0.5) is 0 Å². The monoisotopic (exact) mass is 502 g/mol. The van der Waals surface area contributed by atoms with E-state index >= 15 is 0 Å². The Bertz CT molecular complexity index is 1680. The van der Waals surface area contributed by atoms with Gasteiger partial charge >= 0.3 is 0 Å². The van der Waals surface area contributed by atoms with E-state index in [1.165, 1.54) is 33.4 Å². The zero-order chi connectivity index (χ0) is 26.4. The molecule has 2 nitrogen and oxygen atoms in total. The minimum Gasteiger partial charge on any atom is -0.508 e. The molecule has 186 valence electrons. The van der Waals surface area contributed by atoms with Crippen LogP contribution in [-0.2, 0) is 5.41 Å². The van der Waals surface area contributed by atoms with Gasteiger partial charge in [-0.2, -0.15) is 0 Å². The van der Waals surface area contributed by atoms with Gasteiger partial charge < -0.3 is 10.2 Å². The molecule has 1 aliphatic rings. The minimum atomic E-state index is -0.484. The van der Waals surface area contributed by atoms with Crippen LogP contribution in [-0.4, -0.2) is 10.2 Å².